The summed E-state index contributed by atoms with van der Waals surface area (Å²) < 4.78 is 2.06. The van der Waals surface area contributed by atoms with Crippen molar-refractivity contribution in [3.8, 4) is 11.1 Å². The molecular formula is C24H29ClN6O. The van der Waals surface area contributed by atoms with E-state index in [1.54, 1.807) is 12.4 Å². The molecule has 1 fully saturated rings. The highest BCUT2D eigenvalue weighted by atomic mass is 35.5. The van der Waals surface area contributed by atoms with E-state index in [1.807, 2.05) is 18.3 Å². The number of carbonyl (C=O) groups excluding carboxylic acids is 1. The molecule has 8 heteroatoms. The number of nitrogens with zero attached hydrogens (tertiary/aromatic N) is 4. The van der Waals surface area contributed by atoms with Gasteiger partial charge in [0.25, 0.3) is 0 Å². The van der Waals surface area contributed by atoms with Gasteiger partial charge in [0.05, 0.1) is 11.2 Å². The maximum atomic E-state index is 12.8. The zero-order valence-corrected chi connectivity index (χ0v) is 19.3. The number of nitrogens with one attached hydrogen (secondary N) is 2. The third kappa shape index (κ3) is 4.31. The number of hydrogen-bond donors (Lipinski definition) is 2. The van der Waals surface area contributed by atoms with Crippen molar-refractivity contribution in [3.05, 3.63) is 47.1 Å². The number of anilines is 1. The van der Waals surface area contributed by atoms with E-state index in [2.05, 4.69) is 44.1 Å². The molecular weight excluding hydrogens is 424 g/mol. The van der Waals surface area contributed by atoms with Crippen LogP contribution in [0.2, 0.25) is 5.02 Å². The van der Waals surface area contributed by atoms with Crippen molar-refractivity contribution in [2.24, 2.45) is 11.3 Å². The molecule has 0 spiro atoms. The molecule has 4 heterocycles. The van der Waals surface area contributed by atoms with Crippen molar-refractivity contribution in [3.63, 3.8) is 0 Å². The average Bonchev–Trinajstić information content (AvgIpc) is 3.46. The van der Waals surface area contributed by atoms with Crippen LogP contribution in [0.25, 0.3) is 11.1 Å². The average molecular weight is 453 g/mol. The Morgan fingerprint density at radius 1 is 1.31 bits per heavy atom. The number of aromatic amines is 1. The molecule has 7 nitrogen and oxygen atoms in total. The number of halogens is 1. The van der Waals surface area contributed by atoms with Crippen molar-refractivity contribution >= 4 is 23.3 Å². The number of carbonyl (C=O) groups is 1. The molecule has 1 aliphatic carbocycles. The van der Waals surface area contributed by atoms with Gasteiger partial charge in [0.2, 0.25) is 5.91 Å². The molecule has 0 bridgehead atoms. The number of H-pyrrole nitrogens is 1. The number of pyridine rings is 1. The second-order valence-corrected chi connectivity index (χ2v) is 10.5. The van der Waals surface area contributed by atoms with Crippen LogP contribution in [0.4, 0.5) is 5.82 Å². The highest BCUT2D eigenvalue weighted by molar-refractivity contribution is 6.33. The van der Waals surface area contributed by atoms with E-state index in [9.17, 15) is 4.79 Å². The molecule has 2 aliphatic rings. The van der Waals surface area contributed by atoms with Crippen LogP contribution in [0, 0.1) is 11.3 Å². The second-order valence-electron chi connectivity index (χ2n) is 10.0. The summed E-state index contributed by atoms with van der Waals surface area (Å²) in [6.45, 7) is 5.39. The van der Waals surface area contributed by atoms with Crippen LogP contribution in [0.1, 0.15) is 63.3 Å². The molecule has 2 N–H and O–H groups in total. The third-order valence-electron chi connectivity index (χ3n) is 6.80. The standard InChI is InChI=1S/C24H29ClN6O/c1-24(2)11-21-18(12-28-31(21)14-24)17-10-22(26-13-19(17)25)29-23(32)9-15-4-3-5-16(8-15)20-6-7-27-30-20/h6-7,10,12-13,15-16H,3-5,8-9,11,14H2,1-2H3,(H,27,30)(H,26,29,32)/t15-,16-/m0/s1. The van der Waals surface area contributed by atoms with Gasteiger partial charge in [-0.3, -0.25) is 14.6 Å². The summed E-state index contributed by atoms with van der Waals surface area (Å²) >= 11 is 6.50. The van der Waals surface area contributed by atoms with Crippen LogP contribution in [0.3, 0.4) is 0 Å². The van der Waals surface area contributed by atoms with Gasteiger partial charge in [-0.1, -0.05) is 31.9 Å². The summed E-state index contributed by atoms with van der Waals surface area (Å²) in [6, 6.07) is 3.92. The van der Waals surface area contributed by atoms with Gasteiger partial charge in [0.1, 0.15) is 5.82 Å². The number of rotatable bonds is 5. The fraction of sp³-hybridized carbons (Fsp3) is 0.500. The highest BCUT2D eigenvalue weighted by Gasteiger charge is 2.32. The first-order valence-corrected chi connectivity index (χ1v) is 11.8. The summed E-state index contributed by atoms with van der Waals surface area (Å²) in [4.78, 5) is 17.2. The van der Waals surface area contributed by atoms with Crippen LogP contribution in [-0.4, -0.2) is 30.9 Å². The predicted molar refractivity (Wildman–Crippen MR) is 124 cm³/mol. The van der Waals surface area contributed by atoms with Crippen molar-refractivity contribution in [2.45, 2.75) is 64.8 Å². The Morgan fingerprint density at radius 2 is 2.19 bits per heavy atom. The van der Waals surface area contributed by atoms with E-state index in [4.69, 9.17) is 11.6 Å². The van der Waals surface area contributed by atoms with E-state index < -0.39 is 0 Å². The molecule has 2 atom stereocenters. The predicted octanol–water partition coefficient (Wildman–Crippen LogP) is 5.21. The zero-order valence-electron chi connectivity index (χ0n) is 18.6. The first-order chi connectivity index (χ1) is 15.4. The summed E-state index contributed by atoms with van der Waals surface area (Å²) in [5.74, 6) is 1.36. The lowest BCUT2D eigenvalue weighted by Gasteiger charge is -2.28. The minimum atomic E-state index is 0.00222. The van der Waals surface area contributed by atoms with Crippen molar-refractivity contribution in [1.29, 1.82) is 0 Å². The van der Waals surface area contributed by atoms with Gasteiger partial charge in [-0.25, -0.2) is 4.98 Å². The summed E-state index contributed by atoms with van der Waals surface area (Å²) in [6.07, 6.45) is 11.1. The monoisotopic (exact) mass is 452 g/mol. The first-order valence-electron chi connectivity index (χ1n) is 11.4. The lowest BCUT2D eigenvalue weighted by Crippen LogP contribution is -2.21. The molecule has 0 radical (unpaired) electrons. The minimum absolute atomic E-state index is 0.00222. The fourth-order valence-corrected chi connectivity index (χ4v) is 5.50. The van der Waals surface area contributed by atoms with Crippen LogP contribution >= 0.6 is 11.6 Å². The lowest BCUT2D eigenvalue weighted by atomic mass is 9.78. The Bertz CT molecular complexity index is 1120. The summed E-state index contributed by atoms with van der Waals surface area (Å²) in [5.41, 5.74) is 4.44. The number of fused-ring (bicyclic) bond motifs is 1. The molecule has 32 heavy (non-hydrogen) atoms. The van der Waals surface area contributed by atoms with E-state index in [0.717, 1.165) is 49.8 Å². The molecule has 168 valence electrons. The fourth-order valence-electron chi connectivity index (χ4n) is 5.30. The van der Waals surface area contributed by atoms with Crippen molar-refractivity contribution in [1.82, 2.24) is 25.0 Å². The Hall–Kier alpha value is -2.67. The molecule has 0 unspecified atom stereocenters. The van der Waals surface area contributed by atoms with E-state index in [0.29, 0.717) is 29.1 Å². The van der Waals surface area contributed by atoms with Crippen LogP contribution in [0.5, 0.6) is 0 Å². The van der Waals surface area contributed by atoms with Gasteiger partial charge in [0.15, 0.2) is 0 Å². The summed E-state index contributed by atoms with van der Waals surface area (Å²) in [7, 11) is 0. The first kappa shape index (κ1) is 21.2. The molecule has 0 saturated heterocycles. The van der Waals surface area contributed by atoms with Crippen molar-refractivity contribution in [2.75, 3.05) is 5.32 Å². The molecule has 1 amide bonds. The SMILES string of the molecule is CC1(C)Cc2c(-c3cc(NC(=O)C[C@H]4CCC[C@H](c5ccn[nH]5)C4)ncc3Cl)cnn2C1. The van der Waals surface area contributed by atoms with Gasteiger partial charge in [0, 0.05) is 53.8 Å². The molecule has 5 rings (SSSR count). The summed E-state index contributed by atoms with van der Waals surface area (Å²) in [5, 5.41) is 15.3. The third-order valence-corrected chi connectivity index (χ3v) is 7.11. The zero-order chi connectivity index (χ0) is 22.3. The van der Waals surface area contributed by atoms with Gasteiger partial charge in [-0.05, 0) is 49.1 Å². The van der Waals surface area contributed by atoms with Crippen LogP contribution in [0.15, 0.2) is 30.7 Å². The maximum absolute atomic E-state index is 12.8. The number of hydrogen-bond acceptors (Lipinski definition) is 4. The molecule has 0 aromatic carbocycles. The second kappa shape index (κ2) is 8.35. The molecule has 1 saturated carbocycles. The van der Waals surface area contributed by atoms with Crippen LogP contribution in [-0.2, 0) is 17.8 Å². The van der Waals surface area contributed by atoms with Gasteiger partial charge >= 0.3 is 0 Å². The van der Waals surface area contributed by atoms with E-state index in [1.165, 1.54) is 11.4 Å². The maximum Gasteiger partial charge on any atom is 0.225 e. The van der Waals surface area contributed by atoms with Gasteiger partial charge < -0.3 is 5.32 Å². The lowest BCUT2D eigenvalue weighted by molar-refractivity contribution is -0.117. The number of aromatic nitrogens is 5. The Labute approximate surface area is 193 Å². The Balaban J connectivity index is 1.27. The van der Waals surface area contributed by atoms with Gasteiger partial charge in [-0.2, -0.15) is 10.2 Å². The quantitative estimate of drug-likeness (QED) is 0.556. The molecule has 1 aliphatic heterocycles. The number of amides is 1. The van der Waals surface area contributed by atoms with Crippen molar-refractivity contribution < 1.29 is 4.79 Å². The highest BCUT2D eigenvalue weighted by Crippen LogP contribution is 2.40. The normalized spacial score (nSPS) is 22.0. The van der Waals surface area contributed by atoms with Crippen LogP contribution < -0.4 is 5.32 Å². The molecule has 3 aromatic heterocycles. The van der Waals surface area contributed by atoms with E-state index in [-0.39, 0.29) is 11.3 Å². The smallest absolute Gasteiger partial charge is 0.225 e. The Morgan fingerprint density at radius 3 is 3.00 bits per heavy atom. The largest absolute Gasteiger partial charge is 0.311 e. The minimum Gasteiger partial charge on any atom is -0.311 e. The Kier molecular flexibility index (Phi) is 5.53. The topological polar surface area (TPSA) is 88.5 Å². The van der Waals surface area contributed by atoms with Gasteiger partial charge in [-0.15, -0.1) is 0 Å². The molecule has 3 aromatic rings. The van der Waals surface area contributed by atoms with E-state index >= 15 is 0 Å².